The Bertz CT molecular complexity index is 3660. The van der Waals surface area contributed by atoms with E-state index in [9.17, 15) is 0 Å². The van der Waals surface area contributed by atoms with E-state index < -0.39 is 0 Å². The zero-order valence-corrected chi connectivity index (χ0v) is 36.2. The molecule has 0 unspecified atom stereocenters. The Morgan fingerprint density at radius 1 is 0.258 bits per heavy atom. The van der Waals surface area contributed by atoms with Crippen LogP contribution in [-0.2, 0) is 0 Å². The van der Waals surface area contributed by atoms with Gasteiger partial charge in [-0.1, -0.05) is 218 Å². The van der Waals surface area contributed by atoms with Gasteiger partial charge in [-0.15, -0.1) is 0 Å². The van der Waals surface area contributed by atoms with Crippen molar-refractivity contribution in [1.82, 2.24) is 0 Å². The molecule has 0 bridgehead atoms. The highest BCUT2D eigenvalue weighted by Gasteiger charge is 2.24. The lowest BCUT2D eigenvalue weighted by molar-refractivity contribution is 0.670. The van der Waals surface area contributed by atoms with Crippen molar-refractivity contribution in [2.75, 3.05) is 4.90 Å². The summed E-state index contributed by atoms with van der Waals surface area (Å²) in [7, 11) is 0. The molecule has 2 heteroatoms. The number of furan rings is 1. The summed E-state index contributed by atoms with van der Waals surface area (Å²) in [5.74, 6) is 0. The molecule has 0 spiro atoms. The van der Waals surface area contributed by atoms with Crippen LogP contribution in [0, 0.1) is 0 Å². The summed E-state index contributed by atoms with van der Waals surface area (Å²) in [6, 6.07) is 93.6. The maximum absolute atomic E-state index is 7.02. The second kappa shape index (κ2) is 16.8. The maximum atomic E-state index is 7.02. The number of fused-ring (bicyclic) bond motifs is 4. The van der Waals surface area contributed by atoms with Crippen molar-refractivity contribution in [3.63, 3.8) is 0 Å². The molecule has 0 saturated heterocycles. The summed E-state index contributed by atoms with van der Waals surface area (Å²) < 4.78 is 7.02. The Balaban J connectivity index is 1.04. The van der Waals surface area contributed by atoms with E-state index in [0.717, 1.165) is 55.7 Å². The third-order valence-electron chi connectivity index (χ3n) is 12.9. The van der Waals surface area contributed by atoms with Crippen LogP contribution in [0.3, 0.4) is 0 Å². The minimum atomic E-state index is 0.854. The lowest BCUT2D eigenvalue weighted by atomic mass is 9.89. The minimum Gasteiger partial charge on any atom is -0.455 e. The predicted molar refractivity (Wildman–Crippen MR) is 279 cm³/mol. The largest absolute Gasteiger partial charge is 0.455 e. The molecule has 2 nitrogen and oxygen atoms in total. The van der Waals surface area contributed by atoms with Gasteiger partial charge in [-0.05, 0) is 114 Å². The van der Waals surface area contributed by atoms with E-state index in [0.29, 0.717) is 0 Å². The van der Waals surface area contributed by atoms with Gasteiger partial charge in [-0.25, -0.2) is 0 Å². The fourth-order valence-corrected chi connectivity index (χ4v) is 9.84. The summed E-state index contributed by atoms with van der Waals surface area (Å²) in [5.41, 5.74) is 18.9. The van der Waals surface area contributed by atoms with Crippen LogP contribution >= 0.6 is 0 Å². The van der Waals surface area contributed by atoms with Crippen LogP contribution in [0.2, 0.25) is 0 Å². The molecular formula is C64H43NO. The monoisotopic (exact) mass is 841 g/mol. The average molecular weight is 842 g/mol. The fraction of sp³-hybridized carbons (Fsp3) is 0. The first-order chi connectivity index (χ1) is 32.8. The Kier molecular flexibility index (Phi) is 9.89. The normalized spacial score (nSPS) is 11.3. The molecule has 0 aliphatic carbocycles. The van der Waals surface area contributed by atoms with Gasteiger partial charge in [0, 0.05) is 22.3 Å². The van der Waals surface area contributed by atoms with Gasteiger partial charge in [0.15, 0.2) is 0 Å². The van der Waals surface area contributed by atoms with E-state index in [4.69, 9.17) is 4.42 Å². The number of anilines is 3. The molecule has 66 heavy (non-hydrogen) atoms. The summed E-state index contributed by atoms with van der Waals surface area (Å²) in [6.07, 6.45) is 0. The van der Waals surface area contributed by atoms with E-state index in [1.54, 1.807) is 0 Å². The molecule has 310 valence electrons. The Hall–Kier alpha value is -8.72. The maximum Gasteiger partial charge on any atom is 0.145 e. The molecule has 0 atom stereocenters. The third kappa shape index (κ3) is 6.93. The number of benzene rings is 11. The molecule has 11 aromatic carbocycles. The summed E-state index contributed by atoms with van der Waals surface area (Å²) >= 11 is 0. The molecule has 0 N–H and O–H groups in total. The highest BCUT2D eigenvalue weighted by Crippen LogP contribution is 2.49. The number of rotatable bonds is 9. The fourth-order valence-electron chi connectivity index (χ4n) is 9.84. The zero-order valence-electron chi connectivity index (χ0n) is 36.2. The Morgan fingerprint density at radius 3 is 1.30 bits per heavy atom. The highest BCUT2D eigenvalue weighted by molar-refractivity contribution is 6.19. The SMILES string of the molecule is c1ccc(-c2ccc(N(c3ccc(-c4ccccc4-c4ccccc4-c4ccccc4)cc3)c3ccc(-c4cccc5cccc(-c6ccccc6)c45)c4oc5ccccc5c34)cc2)cc1. The van der Waals surface area contributed by atoms with Crippen LogP contribution in [0.1, 0.15) is 0 Å². The second-order valence-corrected chi connectivity index (χ2v) is 16.8. The van der Waals surface area contributed by atoms with E-state index in [1.165, 1.54) is 60.8 Å². The summed E-state index contributed by atoms with van der Waals surface area (Å²) in [6.45, 7) is 0. The van der Waals surface area contributed by atoms with Gasteiger partial charge in [0.1, 0.15) is 11.2 Å². The van der Waals surface area contributed by atoms with E-state index in [-0.39, 0.29) is 0 Å². The van der Waals surface area contributed by atoms with Gasteiger partial charge in [0.25, 0.3) is 0 Å². The third-order valence-corrected chi connectivity index (χ3v) is 12.9. The van der Waals surface area contributed by atoms with Gasteiger partial charge in [0.05, 0.1) is 11.1 Å². The molecule has 0 aliphatic heterocycles. The van der Waals surface area contributed by atoms with Crippen molar-refractivity contribution in [1.29, 1.82) is 0 Å². The van der Waals surface area contributed by atoms with Crippen molar-refractivity contribution in [3.05, 3.63) is 261 Å². The van der Waals surface area contributed by atoms with Crippen LogP contribution in [0.4, 0.5) is 17.1 Å². The molecule has 1 aromatic heterocycles. The number of para-hydroxylation sites is 1. The standard InChI is InChI=1S/C64H43NO/c1-4-18-44(19-5-1)45-34-38-50(39-35-45)65(51-40-36-48(37-41-51)53-27-11-13-29-56(53)55-28-12-10-26-52(55)46-20-6-2-7-21-46)60-43-42-58(64-63(60)59-30-14-15-33-61(59)66-64)57-32-17-25-49-24-16-31-54(62(49)57)47-22-8-3-9-23-47/h1-43H. The topological polar surface area (TPSA) is 16.4 Å². The van der Waals surface area contributed by atoms with Crippen LogP contribution in [0.15, 0.2) is 265 Å². The Labute approximate surface area is 384 Å². The molecule has 0 saturated carbocycles. The molecule has 1 heterocycles. The van der Waals surface area contributed by atoms with E-state index in [1.807, 2.05) is 0 Å². The van der Waals surface area contributed by atoms with Crippen molar-refractivity contribution in [2.45, 2.75) is 0 Å². The number of hydrogen-bond donors (Lipinski definition) is 0. The lowest BCUT2D eigenvalue weighted by Gasteiger charge is -2.27. The first kappa shape index (κ1) is 38.9. The molecular weight excluding hydrogens is 799 g/mol. The molecule has 0 fully saturated rings. The smallest absolute Gasteiger partial charge is 0.145 e. The van der Waals surface area contributed by atoms with E-state index in [2.05, 4.69) is 266 Å². The van der Waals surface area contributed by atoms with Gasteiger partial charge >= 0.3 is 0 Å². The van der Waals surface area contributed by atoms with E-state index >= 15 is 0 Å². The van der Waals surface area contributed by atoms with Crippen molar-refractivity contribution < 1.29 is 4.42 Å². The molecule has 0 radical (unpaired) electrons. The Morgan fingerprint density at radius 2 is 0.697 bits per heavy atom. The molecule has 0 amide bonds. The summed E-state index contributed by atoms with van der Waals surface area (Å²) in [4.78, 5) is 2.39. The molecule has 12 rings (SSSR count). The quantitative estimate of drug-likeness (QED) is 0.144. The highest BCUT2D eigenvalue weighted by atomic mass is 16.3. The second-order valence-electron chi connectivity index (χ2n) is 16.8. The van der Waals surface area contributed by atoms with Gasteiger partial charge in [-0.2, -0.15) is 0 Å². The van der Waals surface area contributed by atoms with Gasteiger partial charge < -0.3 is 9.32 Å². The van der Waals surface area contributed by atoms with Crippen molar-refractivity contribution in [2.24, 2.45) is 0 Å². The average Bonchev–Trinajstić information content (AvgIpc) is 3.80. The molecule has 0 aliphatic rings. The van der Waals surface area contributed by atoms with Crippen molar-refractivity contribution >= 4 is 49.8 Å². The predicted octanol–water partition coefficient (Wildman–Crippen LogP) is 18.2. The van der Waals surface area contributed by atoms with Crippen LogP contribution < -0.4 is 4.90 Å². The summed E-state index contributed by atoms with van der Waals surface area (Å²) in [5, 5.41) is 4.53. The minimum absolute atomic E-state index is 0.854. The van der Waals surface area contributed by atoms with Gasteiger partial charge in [-0.3, -0.25) is 0 Å². The molecule has 12 aromatic rings. The van der Waals surface area contributed by atoms with Crippen molar-refractivity contribution in [3.8, 4) is 66.8 Å². The van der Waals surface area contributed by atoms with Crippen LogP contribution in [0.25, 0.3) is 99.5 Å². The zero-order chi connectivity index (χ0) is 43.8. The lowest BCUT2D eigenvalue weighted by Crippen LogP contribution is -2.10. The number of nitrogens with zero attached hydrogens (tertiary/aromatic N) is 1. The first-order valence-corrected chi connectivity index (χ1v) is 22.6. The van der Waals surface area contributed by atoms with Crippen LogP contribution in [0.5, 0.6) is 0 Å². The van der Waals surface area contributed by atoms with Gasteiger partial charge in [0.2, 0.25) is 0 Å². The first-order valence-electron chi connectivity index (χ1n) is 22.6. The number of hydrogen-bond acceptors (Lipinski definition) is 2. The van der Waals surface area contributed by atoms with Crippen LogP contribution in [-0.4, -0.2) is 0 Å².